The van der Waals surface area contributed by atoms with E-state index < -0.39 is 16.0 Å². The van der Waals surface area contributed by atoms with Crippen LogP contribution < -0.4 is 10.6 Å². The Kier molecular flexibility index (Phi) is 8.41. The lowest BCUT2D eigenvalue weighted by Crippen LogP contribution is -2.42. The molecule has 2 amide bonds. The summed E-state index contributed by atoms with van der Waals surface area (Å²) in [5.74, 6) is -1.13. The Morgan fingerprint density at radius 2 is 1.71 bits per heavy atom. The van der Waals surface area contributed by atoms with Gasteiger partial charge in [-0.1, -0.05) is 12.1 Å². The van der Waals surface area contributed by atoms with E-state index in [1.807, 2.05) is 6.07 Å². The molecule has 0 aliphatic carbocycles. The van der Waals surface area contributed by atoms with Gasteiger partial charge in [-0.15, -0.1) is 0 Å². The number of hydrogen-bond donors (Lipinski definition) is 2. The molecule has 9 nitrogen and oxygen atoms in total. The van der Waals surface area contributed by atoms with Crippen molar-refractivity contribution in [2.45, 2.75) is 31.2 Å². The van der Waals surface area contributed by atoms with Crippen molar-refractivity contribution in [2.24, 2.45) is 5.92 Å². The highest BCUT2D eigenvalue weighted by Gasteiger charge is 2.32. The number of sulfonamides is 1. The molecule has 1 aliphatic heterocycles. The van der Waals surface area contributed by atoms with Crippen molar-refractivity contribution in [2.75, 3.05) is 26.7 Å². The normalized spacial score (nSPS) is 14.9. The number of carbonyl (C=O) groups is 3. The Balaban J connectivity index is 1.54. The Morgan fingerprint density at radius 3 is 2.32 bits per heavy atom. The summed E-state index contributed by atoms with van der Waals surface area (Å²) in [5.41, 5.74) is 1.61. The number of benzene rings is 2. The molecule has 0 saturated carbocycles. The summed E-state index contributed by atoms with van der Waals surface area (Å²) in [5, 5.41) is 5.45. The maximum Gasteiger partial charge on any atom is 0.338 e. The van der Waals surface area contributed by atoms with E-state index in [9.17, 15) is 22.8 Å². The fourth-order valence-corrected chi connectivity index (χ4v) is 5.25. The van der Waals surface area contributed by atoms with Gasteiger partial charge in [-0.2, -0.15) is 4.31 Å². The Bertz CT molecular complexity index is 1140. The molecule has 1 fully saturated rings. The number of esters is 1. The first-order valence-corrected chi connectivity index (χ1v) is 12.6. The molecular formula is C24H29N3O6S. The van der Waals surface area contributed by atoms with Crippen LogP contribution in [-0.4, -0.2) is 57.3 Å². The van der Waals surface area contributed by atoms with Crippen molar-refractivity contribution in [3.05, 3.63) is 65.2 Å². The van der Waals surface area contributed by atoms with Gasteiger partial charge in [0.25, 0.3) is 5.91 Å². The van der Waals surface area contributed by atoms with Gasteiger partial charge in [0.05, 0.1) is 17.1 Å². The van der Waals surface area contributed by atoms with Gasteiger partial charge in [0, 0.05) is 38.2 Å². The van der Waals surface area contributed by atoms with Crippen molar-refractivity contribution in [3.8, 4) is 0 Å². The van der Waals surface area contributed by atoms with Gasteiger partial charge in [-0.3, -0.25) is 9.59 Å². The summed E-state index contributed by atoms with van der Waals surface area (Å²) < 4.78 is 32.2. The van der Waals surface area contributed by atoms with Gasteiger partial charge in [0.15, 0.2) is 0 Å². The van der Waals surface area contributed by atoms with Crippen molar-refractivity contribution in [1.82, 2.24) is 14.9 Å². The molecular weight excluding hydrogens is 458 g/mol. The van der Waals surface area contributed by atoms with E-state index in [0.29, 0.717) is 18.4 Å². The molecule has 2 N–H and O–H groups in total. The van der Waals surface area contributed by atoms with E-state index >= 15 is 0 Å². The summed E-state index contributed by atoms with van der Waals surface area (Å²) in [4.78, 5) is 36.3. The molecule has 0 atom stereocenters. The number of amides is 2. The minimum absolute atomic E-state index is 0.0967. The van der Waals surface area contributed by atoms with Crippen LogP contribution in [0, 0.1) is 5.92 Å². The van der Waals surface area contributed by atoms with Gasteiger partial charge in [-0.25, -0.2) is 13.2 Å². The van der Waals surface area contributed by atoms with Gasteiger partial charge < -0.3 is 15.4 Å². The lowest BCUT2D eigenvalue weighted by atomic mass is 9.97. The predicted molar refractivity (Wildman–Crippen MR) is 126 cm³/mol. The Labute approximate surface area is 199 Å². The highest BCUT2D eigenvalue weighted by Crippen LogP contribution is 2.24. The summed E-state index contributed by atoms with van der Waals surface area (Å²) in [6.45, 7) is 2.68. The number of nitrogens with one attached hydrogen (secondary N) is 2. The first-order valence-electron chi connectivity index (χ1n) is 11.1. The largest absolute Gasteiger partial charge is 0.462 e. The molecule has 0 aromatic heterocycles. The van der Waals surface area contributed by atoms with Crippen LogP contribution in [0.4, 0.5) is 0 Å². The number of ether oxygens (including phenoxy) is 1. The van der Waals surface area contributed by atoms with E-state index in [-0.39, 0.29) is 54.4 Å². The zero-order chi connectivity index (χ0) is 24.7. The topological polar surface area (TPSA) is 122 Å². The van der Waals surface area contributed by atoms with Crippen LogP contribution in [0.2, 0.25) is 0 Å². The fraction of sp³-hybridized carbons (Fsp3) is 0.375. The van der Waals surface area contributed by atoms with Crippen LogP contribution in [0.3, 0.4) is 0 Å². The summed E-state index contributed by atoms with van der Waals surface area (Å²) in [6.07, 6.45) is 0.814. The molecule has 10 heteroatoms. The zero-order valence-electron chi connectivity index (χ0n) is 19.2. The second-order valence-corrected chi connectivity index (χ2v) is 9.86. The maximum atomic E-state index is 13.0. The quantitative estimate of drug-likeness (QED) is 0.549. The minimum atomic E-state index is -3.73. The van der Waals surface area contributed by atoms with E-state index in [4.69, 9.17) is 4.74 Å². The Hall–Kier alpha value is -3.24. The predicted octanol–water partition coefficient (Wildman–Crippen LogP) is 1.94. The SMILES string of the molecule is CCOC(=O)c1ccc(S(=O)(=O)N2CCC(C(=O)NCc3cccc(C(=O)NC)c3)CC2)cc1. The highest BCUT2D eigenvalue weighted by atomic mass is 32.2. The number of rotatable bonds is 8. The number of piperidine rings is 1. The average molecular weight is 488 g/mol. The van der Waals surface area contributed by atoms with Crippen molar-refractivity contribution < 1.29 is 27.5 Å². The fourth-order valence-electron chi connectivity index (χ4n) is 3.79. The molecule has 3 rings (SSSR count). The summed E-state index contributed by atoms with van der Waals surface area (Å²) in [7, 11) is -2.17. The third-order valence-corrected chi connectivity index (χ3v) is 7.62. The van der Waals surface area contributed by atoms with E-state index in [1.165, 1.54) is 28.6 Å². The molecule has 1 saturated heterocycles. The van der Waals surface area contributed by atoms with Gasteiger partial charge in [0.1, 0.15) is 0 Å². The van der Waals surface area contributed by atoms with Crippen molar-refractivity contribution in [1.29, 1.82) is 0 Å². The maximum absolute atomic E-state index is 13.0. The summed E-state index contributed by atoms with van der Waals surface area (Å²) in [6, 6.07) is 12.7. The van der Waals surface area contributed by atoms with Crippen LogP contribution in [-0.2, 0) is 26.1 Å². The second-order valence-electron chi connectivity index (χ2n) is 7.92. The third kappa shape index (κ3) is 6.00. The smallest absolute Gasteiger partial charge is 0.338 e. The van der Waals surface area contributed by atoms with Crippen LogP contribution in [0.15, 0.2) is 53.4 Å². The molecule has 0 spiro atoms. The molecule has 0 bridgehead atoms. The molecule has 1 heterocycles. The molecule has 0 radical (unpaired) electrons. The van der Waals surface area contributed by atoms with Crippen LogP contribution >= 0.6 is 0 Å². The third-order valence-electron chi connectivity index (χ3n) is 5.71. The molecule has 2 aromatic rings. The molecule has 2 aromatic carbocycles. The van der Waals surface area contributed by atoms with E-state index in [1.54, 1.807) is 32.2 Å². The summed E-state index contributed by atoms with van der Waals surface area (Å²) >= 11 is 0. The lowest BCUT2D eigenvalue weighted by Gasteiger charge is -2.30. The van der Waals surface area contributed by atoms with Crippen LogP contribution in [0.25, 0.3) is 0 Å². The molecule has 0 unspecified atom stereocenters. The molecule has 1 aliphatic rings. The van der Waals surface area contributed by atoms with Crippen LogP contribution in [0.1, 0.15) is 46.0 Å². The Morgan fingerprint density at radius 1 is 1.03 bits per heavy atom. The lowest BCUT2D eigenvalue weighted by molar-refractivity contribution is -0.126. The minimum Gasteiger partial charge on any atom is -0.462 e. The first-order chi connectivity index (χ1) is 16.3. The molecule has 34 heavy (non-hydrogen) atoms. The molecule has 182 valence electrons. The second kappa shape index (κ2) is 11.3. The van der Waals surface area contributed by atoms with Gasteiger partial charge >= 0.3 is 5.97 Å². The highest BCUT2D eigenvalue weighted by molar-refractivity contribution is 7.89. The van der Waals surface area contributed by atoms with Gasteiger partial charge in [0.2, 0.25) is 15.9 Å². The number of nitrogens with zero attached hydrogens (tertiary/aromatic N) is 1. The standard InChI is InChI=1S/C24H29N3O6S/c1-3-33-24(30)19-7-9-21(10-8-19)34(31,32)27-13-11-18(12-14-27)23(29)26-16-17-5-4-6-20(15-17)22(28)25-2/h4-10,15,18H,3,11-14,16H2,1-2H3,(H,25,28)(H,26,29). The number of hydrogen-bond acceptors (Lipinski definition) is 6. The monoisotopic (exact) mass is 487 g/mol. The van der Waals surface area contributed by atoms with Crippen LogP contribution in [0.5, 0.6) is 0 Å². The number of carbonyl (C=O) groups excluding carboxylic acids is 3. The zero-order valence-corrected chi connectivity index (χ0v) is 20.1. The van der Waals surface area contributed by atoms with Gasteiger partial charge in [-0.05, 0) is 61.7 Å². The average Bonchev–Trinajstić information content (AvgIpc) is 2.87. The van der Waals surface area contributed by atoms with E-state index in [0.717, 1.165) is 5.56 Å². The van der Waals surface area contributed by atoms with Crippen molar-refractivity contribution in [3.63, 3.8) is 0 Å². The van der Waals surface area contributed by atoms with Crippen molar-refractivity contribution >= 4 is 27.8 Å². The van der Waals surface area contributed by atoms with E-state index in [2.05, 4.69) is 10.6 Å². The first kappa shape index (κ1) is 25.4.